The number of rotatable bonds is 7. The molecular weight excluding hydrogens is 464 g/mol. The molecule has 1 aliphatic heterocycles. The number of fused-ring (bicyclic) bond motifs is 1. The van der Waals surface area contributed by atoms with E-state index in [-0.39, 0.29) is 24.5 Å². The Hall–Kier alpha value is -3.45. The molecule has 0 radical (unpaired) electrons. The molecule has 0 bridgehead atoms. The van der Waals surface area contributed by atoms with Gasteiger partial charge < -0.3 is 24.4 Å². The Morgan fingerprint density at radius 2 is 1.94 bits per heavy atom. The molecule has 2 aromatic carbocycles. The highest BCUT2D eigenvalue weighted by molar-refractivity contribution is 6.31. The fraction of sp³-hybridized carbons (Fsp3) is 0.333. The lowest BCUT2D eigenvalue weighted by Gasteiger charge is -2.38. The Kier molecular flexibility index (Phi) is 7.66. The molecule has 4 rings (SSSR count). The van der Waals surface area contributed by atoms with Crippen LogP contribution in [0.25, 0.3) is 0 Å². The van der Waals surface area contributed by atoms with Crippen molar-refractivity contribution in [2.45, 2.75) is 32.9 Å². The minimum atomic E-state index is -0.325. The number of nitrogens with one attached hydrogen (secondary N) is 1. The van der Waals surface area contributed by atoms with Crippen LogP contribution in [0.3, 0.4) is 0 Å². The Bertz CT molecular complexity index is 1210. The first-order valence-electron chi connectivity index (χ1n) is 11.8. The number of amides is 3. The number of nitrogens with zero attached hydrogens (tertiary/aromatic N) is 3. The molecule has 7 nitrogen and oxygen atoms in total. The highest BCUT2D eigenvalue weighted by atomic mass is 35.5. The molecule has 2 heterocycles. The largest absolute Gasteiger partial charge is 0.496 e. The van der Waals surface area contributed by atoms with Crippen molar-refractivity contribution < 1.29 is 14.3 Å². The number of aromatic nitrogens is 1. The Labute approximate surface area is 211 Å². The first-order valence-corrected chi connectivity index (χ1v) is 12.2. The zero-order chi connectivity index (χ0) is 24.9. The maximum atomic E-state index is 13.7. The van der Waals surface area contributed by atoms with Crippen LogP contribution in [-0.2, 0) is 11.3 Å². The molecule has 1 aliphatic rings. The summed E-state index contributed by atoms with van der Waals surface area (Å²) in [5.74, 6) is 0.614. The second-order valence-corrected chi connectivity index (χ2v) is 9.08. The van der Waals surface area contributed by atoms with E-state index in [1.807, 2.05) is 73.5 Å². The number of para-hydroxylation sites is 1. The van der Waals surface area contributed by atoms with Crippen LogP contribution < -0.4 is 10.1 Å². The normalized spacial score (nSPS) is 14.9. The summed E-state index contributed by atoms with van der Waals surface area (Å²) in [4.78, 5) is 30.2. The molecule has 0 spiro atoms. The minimum absolute atomic E-state index is 0.0222. The monoisotopic (exact) mass is 494 g/mol. The van der Waals surface area contributed by atoms with E-state index in [2.05, 4.69) is 9.88 Å². The number of benzene rings is 2. The van der Waals surface area contributed by atoms with Crippen molar-refractivity contribution in [1.29, 1.82) is 0 Å². The number of halogens is 1. The Morgan fingerprint density at radius 1 is 1.14 bits per heavy atom. The summed E-state index contributed by atoms with van der Waals surface area (Å²) in [6.45, 7) is 5.56. The van der Waals surface area contributed by atoms with Crippen LogP contribution in [0.4, 0.5) is 10.5 Å². The van der Waals surface area contributed by atoms with Crippen molar-refractivity contribution in [1.82, 2.24) is 14.4 Å². The van der Waals surface area contributed by atoms with E-state index in [4.69, 9.17) is 16.3 Å². The van der Waals surface area contributed by atoms with Crippen LogP contribution in [0.5, 0.6) is 5.75 Å². The van der Waals surface area contributed by atoms with Gasteiger partial charge in [-0.3, -0.25) is 4.79 Å². The van der Waals surface area contributed by atoms with Gasteiger partial charge in [-0.25, -0.2) is 4.79 Å². The average Bonchev–Trinajstić information content (AvgIpc) is 3.34. The SMILES string of the molecule is CCCN(CC(=O)N1CCn2cccc2C1c1ccccc1OC)C(=O)Nc1ccc(C)c(Cl)c1. The van der Waals surface area contributed by atoms with E-state index in [9.17, 15) is 9.59 Å². The number of hydrogen-bond donors (Lipinski definition) is 1. The molecule has 184 valence electrons. The van der Waals surface area contributed by atoms with Crippen molar-refractivity contribution in [2.75, 3.05) is 32.1 Å². The van der Waals surface area contributed by atoms with Gasteiger partial charge in [0.1, 0.15) is 18.3 Å². The van der Waals surface area contributed by atoms with Crippen molar-refractivity contribution in [3.8, 4) is 5.75 Å². The first kappa shape index (κ1) is 24.7. The number of carbonyl (C=O) groups is 2. The van der Waals surface area contributed by atoms with Gasteiger partial charge >= 0.3 is 6.03 Å². The molecular formula is C27H31ClN4O3. The quantitative estimate of drug-likeness (QED) is 0.482. The number of anilines is 1. The highest BCUT2D eigenvalue weighted by Gasteiger charge is 2.34. The number of methoxy groups -OCH3 is 1. The third-order valence-corrected chi connectivity index (χ3v) is 6.73. The topological polar surface area (TPSA) is 66.8 Å². The summed E-state index contributed by atoms with van der Waals surface area (Å²) in [5.41, 5.74) is 3.48. The zero-order valence-corrected chi connectivity index (χ0v) is 21.1. The standard InChI is InChI=1S/C27H31ClN4O3/c1-4-13-31(27(34)29-20-12-11-19(2)22(28)17-20)18-25(33)32-16-15-30-14-7-9-23(30)26(32)21-8-5-6-10-24(21)35-3/h5-12,14,17,26H,4,13,15-16,18H2,1-3H3,(H,29,34). The van der Waals surface area contributed by atoms with Gasteiger partial charge in [0.25, 0.3) is 0 Å². The summed E-state index contributed by atoms with van der Waals surface area (Å²) < 4.78 is 7.79. The van der Waals surface area contributed by atoms with Crippen LogP contribution in [0.1, 0.15) is 36.2 Å². The van der Waals surface area contributed by atoms with Crippen LogP contribution in [0.15, 0.2) is 60.8 Å². The molecule has 1 N–H and O–H groups in total. The molecule has 1 atom stereocenters. The predicted octanol–water partition coefficient (Wildman–Crippen LogP) is 5.33. The maximum absolute atomic E-state index is 13.7. The molecule has 0 saturated carbocycles. The number of hydrogen-bond acceptors (Lipinski definition) is 3. The summed E-state index contributed by atoms with van der Waals surface area (Å²) in [5, 5.41) is 3.46. The summed E-state index contributed by atoms with van der Waals surface area (Å²) in [6, 6.07) is 16.6. The van der Waals surface area contributed by atoms with Gasteiger partial charge in [-0.2, -0.15) is 0 Å². The van der Waals surface area contributed by atoms with Gasteiger partial charge in [0, 0.05) is 47.8 Å². The second-order valence-electron chi connectivity index (χ2n) is 8.67. The lowest BCUT2D eigenvalue weighted by molar-refractivity contribution is -0.134. The van der Waals surface area contributed by atoms with Gasteiger partial charge in [0.15, 0.2) is 0 Å². The van der Waals surface area contributed by atoms with E-state index in [1.165, 1.54) is 0 Å². The molecule has 0 fully saturated rings. The molecule has 3 amide bonds. The second kappa shape index (κ2) is 10.9. The van der Waals surface area contributed by atoms with E-state index in [1.54, 1.807) is 18.1 Å². The minimum Gasteiger partial charge on any atom is -0.496 e. The van der Waals surface area contributed by atoms with Crippen molar-refractivity contribution in [2.24, 2.45) is 0 Å². The van der Waals surface area contributed by atoms with Gasteiger partial charge in [0.05, 0.1) is 7.11 Å². The molecule has 1 unspecified atom stereocenters. The van der Waals surface area contributed by atoms with E-state index in [0.29, 0.717) is 30.3 Å². The van der Waals surface area contributed by atoms with Crippen LogP contribution in [-0.4, -0.2) is 53.0 Å². The molecule has 35 heavy (non-hydrogen) atoms. The summed E-state index contributed by atoms with van der Waals surface area (Å²) >= 11 is 6.22. The fourth-order valence-corrected chi connectivity index (χ4v) is 4.70. The molecule has 1 aromatic heterocycles. The number of urea groups is 1. The van der Waals surface area contributed by atoms with Crippen LogP contribution >= 0.6 is 11.6 Å². The summed E-state index contributed by atoms with van der Waals surface area (Å²) in [6.07, 6.45) is 2.76. The molecule has 8 heteroatoms. The Balaban J connectivity index is 1.58. The lowest BCUT2D eigenvalue weighted by Crippen LogP contribution is -2.49. The smallest absolute Gasteiger partial charge is 0.322 e. The third kappa shape index (κ3) is 5.30. The van der Waals surface area contributed by atoms with Crippen LogP contribution in [0.2, 0.25) is 5.02 Å². The number of aryl methyl sites for hydroxylation is 1. The van der Waals surface area contributed by atoms with E-state index < -0.39 is 0 Å². The lowest BCUT2D eigenvalue weighted by atomic mass is 9.98. The fourth-order valence-electron chi connectivity index (χ4n) is 4.52. The average molecular weight is 495 g/mol. The molecule has 3 aromatic rings. The first-order chi connectivity index (χ1) is 16.9. The maximum Gasteiger partial charge on any atom is 0.322 e. The molecule has 0 aliphatic carbocycles. The van der Waals surface area contributed by atoms with Crippen molar-refractivity contribution in [3.63, 3.8) is 0 Å². The van der Waals surface area contributed by atoms with Gasteiger partial charge in [-0.15, -0.1) is 0 Å². The molecule has 0 saturated heterocycles. The predicted molar refractivity (Wildman–Crippen MR) is 138 cm³/mol. The number of carbonyl (C=O) groups excluding carboxylic acids is 2. The van der Waals surface area contributed by atoms with Crippen molar-refractivity contribution in [3.05, 3.63) is 82.6 Å². The van der Waals surface area contributed by atoms with Gasteiger partial charge in [-0.1, -0.05) is 42.8 Å². The third-order valence-electron chi connectivity index (χ3n) is 6.32. The zero-order valence-electron chi connectivity index (χ0n) is 20.3. The van der Waals surface area contributed by atoms with E-state index >= 15 is 0 Å². The van der Waals surface area contributed by atoms with Gasteiger partial charge in [-0.05, 0) is 49.2 Å². The number of ether oxygens (including phenoxy) is 1. The Morgan fingerprint density at radius 3 is 2.69 bits per heavy atom. The van der Waals surface area contributed by atoms with E-state index in [0.717, 1.165) is 29.0 Å². The summed E-state index contributed by atoms with van der Waals surface area (Å²) in [7, 11) is 1.64. The van der Waals surface area contributed by atoms with Crippen LogP contribution in [0, 0.1) is 6.92 Å². The van der Waals surface area contributed by atoms with Gasteiger partial charge in [0.2, 0.25) is 5.91 Å². The van der Waals surface area contributed by atoms with Crippen molar-refractivity contribution >= 4 is 29.2 Å². The highest BCUT2D eigenvalue weighted by Crippen LogP contribution is 2.37.